The average molecular weight is 295 g/mol. The van der Waals surface area contributed by atoms with E-state index in [1.54, 1.807) is 0 Å². The Morgan fingerprint density at radius 1 is 1.14 bits per heavy atom. The number of rotatable bonds is 7. The topological polar surface area (TPSA) is 15.3 Å². The van der Waals surface area contributed by atoms with E-state index in [0.29, 0.717) is 11.5 Å². The van der Waals surface area contributed by atoms with Crippen LogP contribution in [0.4, 0.5) is 0 Å². The predicted molar refractivity (Wildman–Crippen MR) is 92.7 cm³/mol. The van der Waals surface area contributed by atoms with E-state index in [0.717, 1.165) is 12.0 Å². The van der Waals surface area contributed by atoms with Crippen LogP contribution in [0, 0.1) is 11.3 Å². The van der Waals surface area contributed by atoms with Gasteiger partial charge in [0.25, 0.3) is 0 Å². The summed E-state index contributed by atoms with van der Waals surface area (Å²) >= 11 is 0. The first-order valence-corrected chi connectivity index (χ1v) is 9.52. The summed E-state index contributed by atoms with van der Waals surface area (Å²) < 4.78 is 0. The van der Waals surface area contributed by atoms with E-state index >= 15 is 0 Å². The van der Waals surface area contributed by atoms with Crippen LogP contribution in [0.1, 0.15) is 79.1 Å². The van der Waals surface area contributed by atoms with Crippen molar-refractivity contribution in [3.8, 4) is 0 Å². The lowest BCUT2D eigenvalue weighted by atomic mass is 9.69. The molecular formula is C19H38N2. The molecule has 2 nitrogen and oxygen atoms in total. The van der Waals surface area contributed by atoms with Crippen LogP contribution in [-0.4, -0.2) is 36.6 Å². The van der Waals surface area contributed by atoms with Gasteiger partial charge in [0.15, 0.2) is 0 Å². The van der Waals surface area contributed by atoms with Crippen molar-refractivity contribution < 1.29 is 0 Å². The van der Waals surface area contributed by atoms with E-state index in [-0.39, 0.29) is 0 Å². The second-order valence-electron chi connectivity index (χ2n) is 8.24. The van der Waals surface area contributed by atoms with E-state index in [2.05, 4.69) is 37.9 Å². The summed E-state index contributed by atoms with van der Waals surface area (Å²) in [7, 11) is 0. The van der Waals surface area contributed by atoms with Gasteiger partial charge in [-0.1, -0.05) is 53.4 Å². The van der Waals surface area contributed by atoms with Crippen molar-refractivity contribution in [3.05, 3.63) is 0 Å². The van der Waals surface area contributed by atoms with Gasteiger partial charge in [-0.2, -0.15) is 0 Å². The maximum atomic E-state index is 3.77. The molecule has 124 valence electrons. The van der Waals surface area contributed by atoms with Crippen molar-refractivity contribution in [1.82, 2.24) is 10.2 Å². The Kier molecular flexibility index (Phi) is 6.55. The van der Waals surface area contributed by atoms with E-state index < -0.39 is 0 Å². The molecule has 21 heavy (non-hydrogen) atoms. The van der Waals surface area contributed by atoms with Crippen LogP contribution >= 0.6 is 0 Å². The molecule has 0 aromatic carbocycles. The van der Waals surface area contributed by atoms with Crippen molar-refractivity contribution in [3.63, 3.8) is 0 Å². The largest absolute Gasteiger partial charge is 0.314 e. The molecule has 0 aliphatic heterocycles. The lowest BCUT2D eigenvalue weighted by Crippen LogP contribution is -2.50. The Morgan fingerprint density at radius 3 is 2.43 bits per heavy atom. The molecule has 0 saturated heterocycles. The molecule has 0 amide bonds. The number of nitrogens with zero attached hydrogens (tertiary/aromatic N) is 1. The predicted octanol–water partition coefficient (Wildman–Crippen LogP) is 4.45. The van der Waals surface area contributed by atoms with E-state index in [1.807, 2.05) is 0 Å². The van der Waals surface area contributed by atoms with Gasteiger partial charge in [0.1, 0.15) is 0 Å². The molecule has 0 bridgehead atoms. The molecule has 1 N–H and O–H groups in total. The van der Waals surface area contributed by atoms with Crippen LogP contribution in [0.25, 0.3) is 0 Å². The zero-order chi connectivity index (χ0) is 15.3. The van der Waals surface area contributed by atoms with E-state index in [1.165, 1.54) is 71.0 Å². The first-order valence-electron chi connectivity index (χ1n) is 9.52. The van der Waals surface area contributed by atoms with Crippen LogP contribution in [0.15, 0.2) is 0 Å². The molecule has 2 rings (SSSR count). The summed E-state index contributed by atoms with van der Waals surface area (Å²) in [6.07, 6.45) is 11.5. The van der Waals surface area contributed by atoms with E-state index in [9.17, 15) is 0 Å². The van der Waals surface area contributed by atoms with Crippen molar-refractivity contribution >= 4 is 0 Å². The molecule has 0 aromatic heterocycles. The highest BCUT2D eigenvalue weighted by Gasteiger charge is 2.37. The minimum Gasteiger partial charge on any atom is -0.314 e. The Labute approximate surface area is 133 Å². The van der Waals surface area contributed by atoms with Crippen LogP contribution in [-0.2, 0) is 0 Å². The zero-order valence-electron chi connectivity index (χ0n) is 15.0. The van der Waals surface area contributed by atoms with Gasteiger partial charge in [-0.05, 0) is 43.6 Å². The molecule has 2 saturated carbocycles. The van der Waals surface area contributed by atoms with Gasteiger partial charge >= 0.3 is 0 Å². The lowest BCUT2D eigenvalue weighted by molar-refractivity contribution is 0.0599. The van der Waals surface area contributed by atoms with Crippen molar-refractivity contribution in [1.29, 1.82) is 0 Å². The highest BCUT2D eigenvalue weighted by molar-refractivity contribution is 4.92. The first kappa shape index (κ1) is 17.3. The van der Waals surface area contributed by atoms with Gasteiger partial charge in [-0.3, -0.25) is 0 Å². The fourth-order valence-electron chi connectivity index (χ4n) is 4.75. The summed E-state index contributed by atoms with van der Waals surface area (Å²) in [5.41, 5.74) is 0.528. The monoisotopic (exact) mass is 294 g/mol. The SMILES string of the molecule is CCN(CC1(CNC(C)C)CCCC(C)C1)C1CCCC1. The van der Waals surface area contributed by atoms with Gasteiger partial charge in [-0.15, -0.1) is 0 Å². The maximum Gasteiger partial charge on any atom is 0.00953 e. The average Bonchev–Trinajstić information content (AvgIpc) is 2.97. The third-order valence-corrected chi connectivity index (χ3v) is 5.86. The fraction of sp³-hybridized carbons (Fsp3) is 1.00. The van der Waals surface area contributed by atoms with Crippen molar-refractivity contribution in [2.24, 2.45) is 11.3 Å². The smallest absolute Gasteiger partial charge is 0.00953 e. The van der Waals surface area contributed by atoms with Crippen LogP contribution < -0.4 is 5.32 Å². The zero-order valence-corrected chi connectivity index (χ0v) is 15.0. The molecule has 0 aromatic rings. The van der Waals surface area contributed by atoms with Crippen molar-refractivity contribution in [2.75, 3.05) is 19.6 Å². The Hall–Kier alpha value is -0.0800. The van der Waals surface area contributed by atoms with Gasteiger partial charge in [-0.25, -0.2) is 0 Å². The first-order chi connectivity index (χ1) is 10.0. The van der Waals surface area contributed by atoms with Crippen LogP contribution in [0.3, 0.4) is 0 Å². The molecule has 0 radical (unpaired) electrons. The fourth-order valence-corrected chi connectivity index (χ4v) is 4.75. The molecule has 2 heteroatoms. The standard InChI is InChI=1S/C19H38N2/c1-5-21(18-10-6-7-11-18)15-19(14-20-16(2)3)12-8-9-17(4)13-19/h16-18,20H,5-15H2,1-4H3. The van der Waals surface area contributed by atoms with Gasteiger partial charge in [0.2, 0.25) is 0 Å². The summed E-state index contributed by atoms with van der Waals surface area (Å²) in [6, 6.07) is 1.49. The summed E-state index contributed by atoms with van der Waals surface area (Å²) in [5.74, 6) is 0.912. The number of hydrogen-bond donors (Lipinski definition) is 1. The third-order valence-electron chi connectivity index (χ3n) is 5.86. The molecule has 2 unspecified atom stereocenters. The van der Waals surface area contributed by atoms with Crippen LogP contribution in [0.2, 0.25) is 0 Å². The Morgan fingerprint density at radius 2 is 1.86 bits per heavy atom. The maximum absolute atomic E-state index is 3.77. The molecule has 2 fully saturated rings. The number of nitrogens with one attached hydrogen (secondary N) is 1. The van der Waals surface area contributed by atoms with Gasteiger partial charge in [0.05, 0.1) is 0 Å². The molecule has 0 spiro atoms. The summed E-state index contributed by atoms with van der Waals surface area (Å²) in [5, 5.41) is 3.77. The normalized spacial score (nSPS) is 31.4. The second-order valence-corrected chi connectivity index (χ2v) is 8.24. The summed E-state index contributed by atoms with van der Waals surface area (Å²) in [4.78, 5) is 2.83. The molecule has 2 aliphatic rings. The molecule has 2 atom stereocenters. The molecule has 0 heterocycles. The lowest BCUT2D eigenvalue weighted by Gasteiger charge is -2.45. The quantitative estimate of drug-likeness (QED) is 0.746. The highest BCUT2D eigenvalue weighted by atomic mass is 15.2. The van der Waals surface area contributed by atoms with Crippen LogP contribution in [0.5, 0.6) is 0 Å². The minimum absolute atomic E-state index is 0.528. The summed E-state index contributed by atoms with van der Waals surface area (Å²) in [6.45, 7) is 13.2. The van der Waals surface area contributed by atoms with E-state index in [4.69, 9.17) is 0 Å². The Balaban J connectivity index is 2.02. The Bertz CT molecular complexity index is 296. The minimum atomic E-state index is 0.528. The molecule has 2 aliphatic carbocycles. The molecular weight excluding hydrogens is 256 g/mol. The number of hydrogen-bond acceptors (Lipinski definition) is 2. The highest BCUT2D eigenvalue weighted by Crippen LogP contribution is 2.40. The van der Waals surface area contributed by atoms with Crippen molar-refractivity contribution in [2.45, 2.75) is 91.1 Å². The van der Waals surface area contributed by atoms with Gasteiger partial charge in [0, 0.05) is 25.2 Å². The second kappa shape index (κ2) is 7.97. The van der Waals surface area contributed by atoms with Gasteiger partial charge < -0.3 is 10.2 Å². The third kappa shape index (κ3) is 4.96.